The van der Waals surface area contributed by atoms with Crippen molar-refractivity contribution >= 4 is 38.4 Å². The minimum absolute atomic E-state index is 0.176. The van der Waals surface area contributed by atoms with Crippen LogP contribution in [0, 0.1) is 0 Å². The topological polar surface area (TPSA) is 72.1 Å². The van der Waals surface area contributed by atoms with Gasteiger partial charge in [0.25, 0.3) is 0 Å². The van der Waals surface area contributed by atoms with E-state index in [0.717, 1.165) is 29.8 Å². The summed E-state index contributed by atoms with van der Waals surface area (Å²) < 4.78 is 0.929. The van der Waals surface area contributed by atoms with E-state index in [9.17, 15) is 4.79 Å². The Balaban J connectivity index is 2.01. The predicted molar refractivity (Wildman–Crippen MR) is 68.0 cm³/mol. The molecule has 17 heavy (non-hydrogen) atoms. The first-order chi connectivity index (χ1) is 8.24. The first-order valence-electron chi connectivity index (χ1n) is 5.56. The van der Waals surface area contributed by atoms with Crippen LogP contribution in [-0.2, 0) is 4.79 Å². The van der Waals surface area contributed by atoms with Gasteiger partial charge in [-0.25, -0.2) is 9.97 Å². The van der Waals surface area contributed by atoms with Gasteiger partial charge in [0.15, 0.2) is 10.8 Å². The molecule has 0 aliphatic carbocycles. The van der Waals surface area contributed by atoms with E-state index >= 15 is 0 Å². The predicted octanol–water partition coefficient (Wildman–Crippen LogP) is 1.79. The van der Waals surface area contributed by atoms with Crippen LogP contribution >= 0.6 is 11.3 Å². The van der Waals surface area contributed by atoms with Crippen LogP contribution in [0.2, 0.25) is 0 Å². The molecular formula is C11H12N4OS. The molecule has 5 nitrogen and oxygen atoms in total. The summed E-state index contributed by atoms with van der Waals surface area (Å²) >= 11 is 1.40. The Kier molecular flexibility index (Phi) is 2.44. The maximum atomic E-state index is 11.8. The van der Waals surface area contributed by atoms with Gasteiger partial charge < -0.3 is 10.6 Å². The number of hydrogen-bond donors (Lipinski definition) is 1. The molecule has 6 heteroatoms. The Morgan fingerprint density at radius 2 is 2.29 bits per heavy atom. The quantitative estimate of drug-likeness (QED) is 0.835. The summed E-state index contributed by atoms with van der Waals surface area (Å²) in [5.74, 6) is 0.176. The van der Waals surface area contributed by atoms with Crippen molar-refractivity contribution in [3.05, 3.63) is 12.3 Å². The van der Waals surface area contributed by atoms with Crippen molar-refractivity contribution in [1.82, 2.24) is 9.97 Å². The van der Waals surface area contributed by atoms with E-state index in [1.807, 2.05) is 6.07 Å². The second-order valence-electron chi connectivity index (χ2n) is 4.07. The van der Waals surface area contributed by atoms with Gasteiger partial charge in [-0.1, -0.05) is 11.3 Å². The summed E-state index contributed by atoms with van der Waals surface area (Å²) in [5.41, 5.74) is 7.14. The molecule has 0 radical (unpaired) electrons. The van der Waals surface area contributed by atoms with E-state index < -0.39 is 0 Å². The third-order valence-corrected chi connectivity index (χ3v) is 3.70. The molecule has 1 aliphatic heterocycles. The van der Waals surface area contributed by atoms with Gasteiger partial charge in [0.05, 0.1) is 16.6 Å². The fraction of sp³-hybridized carbons (Fsp3) is 0.364. The summed E-state index contributed by atoms with van der Waals surface area (Å²) in [7, 11) is 0. The molecule has 0 unspecified atom stereocenters. The van der Waals surface area contributed by atoms with E-state index in [2.05, 4.69) is 9.97 Å². The van der Waals surface area contributed by atoms with Gasteiger partial charge in [0, 0.05) is 13.0 Å². The van der Waals surface area contributed by atoms with E-state index in [4.69, 9.17) is 5.73 Å². The number of carbonyl (C=O) groups is 1. The lowest BCUT2D eigenvalue weighted by atomic mass is 10.1. The van der Waals surface area contributed by atoms with Crippen LogP contribution in [0.5, 0.6) is 0 Å². The fourth-order valence-corrected chi connectivity index (χ4v) is 2.78. The van der Waals surface area contributed by atoms with E-state index in [1.165, 1.54) is 11.3 Å². The van der Waals surface area contributed by atoms with Crippen LogP contribution in [0.1, 0.15) is 19.3 Å². The van der Waals surface area contributed by atoms with Gasteiger partial charge in [-0.2, -0.15) is 0 Å². The first kappa shape index (κ1) is 10.5. The monoisotopic (exact) mass is 248 g/mol. The van der Waals surface area contributed by atoms with Gasteiger partial charge in [-0.3, -0.25) is 4.79 Å². The molecule has 0 atom stereocenters. The van der Waals surface area contributed by atoms with Gasteiger partial charge in [0.2, 0.25) is 5.91 Å². The number of piperidine rings is 1. The normalized spacial score (nSPS) is 16.7. The Labute approximate surface area is 102 Å². The zero-order valence-electron chi connectivity index (χ0n) is 9.22. The summed E-state index contributed by atoms with van der Waals surface area (Å²) in [6.07, 6.45) is 4.36. The van der Waals surface area contributed by atoms with Crippen molar-refractivity contribution in [3.8, 4) is 0 Å². The summed E-state index contributed by atoms with van der Waals surface area (Å²) in [6.45, 7) is 0.778. The van der Waals surface area contributed by atoms with Gasteiger partial charge in [-0.05, 0) is 18.9 Å². The third-order valence-electron chi connectivity index (χ3n) is 2.88. The Hall–Kier alpha value is -1.69. The number of nitrogens with zero attached hydrogens (tertiary/aromatic N) is 3. The maximum Gasteiger partial charge on any atom is 0.227 e. The zero-order valence-corrected chi connectivity index (χ0v) is 10.0. The molecule has 1 aliphatic rings. The molecule has 88 valence electrons. The van der Waals surface area contributed by atoms with Crippen LogP contribution in [0.4, 0.5) is 10.8 Å². The van der Waals surface area contributed by atoms with Crippen molar-refractivity contribution in [2.75, 3.05) is 17.2 Å². The lowest BCUT2D eigenvalue weighted by molar-refractivity contribution is -0.119. The average molecular weight is 248 g/mol. The number of rotatable bonds is 1. The molecule has 0 aromatic carbocycles. The number of hydrogen-bond acceptors (Lipinski definition) is 5. The van der Waals surface area contributed by atoms with Gasteiger partial charge in [0.1, 0.15) is 0 Å². The SMILES string of the molecule is Nc1nc2ncc(N3CCCCC3=O)cc2s1. The number of thiazole rings is 1. The van der Waals surface area contributed by atoms with Crippen molar-refractivity contribution in [2.24, 2.45) is 0 Å². The molecule has 0 saturated carbocycles. The Morgan fingerprint density at radius 3 is 3.12 bits per heavy atom. The smallest absolute Gasteiger partial charge is 0.227 e. The van der Waals surface area contributed by atoms with Crippen LogP contribution in [0.15, 0.2) is 12.3 Å². The van der Waals surface area contributed by atoms with E-state index in [-0.39, 0.29) is 5.91 Å². The highest BCUT2D eigenvalue weighted by Gasteiger charge is 2.20. The largest absolute Gasteiger partial charge is 0.375 e. The highest BCUT2D eigenvalue weighted by molar-refractivity contribution is 7.22. The molecule has 1 fully saturated rings. The number of fused-ring (bicyclic) bond motifs is 1. The average Bonchev–Trinajstić information content (AvgIpc) is 2.68. The van der Waals surface area contributed by atoms with Crippen LogP contribution in [-0.4, -0.2) is 22.4 Å². The second kappa shape index (κ2) is 3.96. The van der Waals surface area contributed by atoms with Crippen molar-refractivity contribution in [1.29, 1.82) is 0 Å². The molecule has 3 heterocycles. The molecule has 2 N–H and O–H groups in total. The lowest BCUT2D eigenvalue weighted by Gasteiger charge is -2.26. The Bertz CT molecular complexity index is 580. The number of anilines is 2. The number of amides is 1. The fourth-order valence-electron chi connectivity index (χ4n) is 2.05. The van der Waals surface area contributed by atoms with Crippen molar-refractivity contribution < 1.29 is 4.79 Å². The van der Waals surface area contributed by atoms with Crippen LogP contribution in [0.3, 0.4) is 0 Å². The standard InChI is InChI=1S/C11H12N4OS/c12-11-14-10-8(17-11)5-7(6-13-10)15-4-2-1-3-9(15)16/h5-6H,1-4H2,(H2,12,13,14). The van der Waals surface area contributed by atoms with E-state index in [0.29, 0.717) is 17.2 Å². The van der Waals surface area contributed by atoms with Crippen LogP contribution in [0.25, 0.3) is 10.3 Å². The molecular weight excluding hydrogens is 236 g/mol. The molecule has 0 spiro atoms. The van der Waals surface area contributed by atoms with Crippen LogP contribution < -0.4 is 10.6 Å². The van der Waals surface area contributed by atoms with Crippen molar-refractivity contribution in [2.45, 2.75) is 19.3 Å². The molecule has 0 bridgehead atoms. The summed E-state index contributed by atoms with van der Waals surface area (Å²) in [4.78, 5) is 21.9. The first-order valence-corrected chi connectivity index (χ1v) is 6.38. The highest BCUT2D eigenvalue weighted by atomic mass is 32.1. The Morgan fingerprint density at radius 1 is 1.41 bits per heavy atom. The third kappa shape index (κ3) is 1.84. The number of nitrogen functional groups attached to an aromatic ring is 1. The summed E-state index contributed by atoms with van der Waals surface area (Å²) in [6, 6.07) is 1.94. The molecule has 1 amide bonds. The minimum Gasteiger partial charge on any atom is -0.375 e. The number of aromatic nitrogens is 2. The number of carbonyl (C=O) groups excluding carboxylic acids is 1. The molecule has 2 aromatic rings. The second-order valence-corrected chi connectivity index (χ2v) is 5.13. The lowest BCUT2D eigenvalue weighted by Crippen LogP contribution is -2.35. The zero-order chi connectivity index (χ0) is 11.8. The van der Waals surface area contributed by atoms with E-state index in [1.54, 1.807) is 11.1 Å². The molecule has 2 aromatic heterocycles. The number of nitrogens with two attached hydrogens (primary N) is 1. The molecule has 1 saturated heterocycles. The van der Waals surface area contributed by atoms with Gasteiger partial charge >= 0.3 is 0 Å². The maximum absolute atomic E-state index is 11.8. The summed E-state index contributed by atoms with van der Waals surface area (Å²) in [5, 5.41) is 0.509. The van der Waals surface area contributed by atoms with Gasteiger partial charge in [-0.15, -0.1) is 0 Å². The minimum atomic E-state index is 0.176. The van der Waals surface area contributed by atoms with Crippen molar-refractivity contribution in [3.63, 3.8) is 0 Å². The number of pyridine rings is 1. The highest BCUT2D eigenvalue weighted by Crippen LogP contribution is 2.27. The molecule has 3 rings (SSSR count).